The highest BCUT2D eigenvalue weighted by Gasteiger charge is 2.39. The third-order valence-corrected chi connectivity index (χ3v) is 7.20. The van der Waals surface area contributed by atoms with Crippen molar-refractivity contribution in [2.45, 2.75) is 92.3 Å². The molecule has 0 amide bonds. The summed E-state index contributed by atoms with van der Waals surface area (Å²) < 4.78 is 5.78. The number of esters is 1. The van der Waals surface area contributed by atoms with Gasteiger partial charge in [0.15, 0.2) is 0 Å². The molecule has 5 nitrogen and oxygen atoms in total. The van der Waals surface area contributed by atoms with Gasteiger partial charge in [-0.15, -0.1) is 11.3 Å². The summed E-state index contributed by atoms with van der Waals surface area (Å²) in [6, 6.07) is 0. The van der Waals surface area contributed by atoms with Crippen molar-refractivity contribution in [1.29, 1.82) is 0 Å². The molecule has 1 unspecified atom stereocenters. The number of thiazole rings is 1. The topological polar surface area (TPSA) is 76.5 Å². The molecular formula is C26H39NO4S. The molecule has 0 aliphatic carbocycles. The van der Waals surface area contributed by atoms with Crippen molar-refractivity contribution in [1.82, 2.24) is 4.98 Å². The Balaban J connectivity index is 2.24. The highest BCUT2D eigenvalue weighted by Crippen LogP contribution is 2.32. The average Bonchev–Trinajstić information content (AvgIpc) is 3.12. The van der Waals surface area contributed by atoms with Crippen LogP contribution in [0.15, 0.2) is 23.1 Å². The van der Waals surface area contributed by atoms with E-state index in [1.807, 2.05) is 32.2 Å². The van der Waals surface area contributed by atoms with Gasteiger partial charge >= 0.3 is 5.97 Å². The summed E-state index contributed by atoms with van der Waals surface area (Å²) in [5, 5.41) is 13.7. The number of carbonyl (C=O) groups excluding carboxylic acids is 2. The molecule has 0 aromatic carbocycles. The first kappa shape index (κ1) is 26.5. The summed E-state index contributed by atoms with van der Waals surface area (Å²) in [6.07, 6.45) is 8.89. The fourth-order valence-electron chi connectivity index (χ4n) is 4.27. The zero-order valence-electron chi connectivity index (χ0n) is 20.4. The van der Waals surface area contributed by atoms with E-state index in [1.165, 1.54) is 0 Å². The Morgan fingerprint density at radius 1 is 1.28 bits per heavy atom. The summed E-state index contributed by atoms with van der Waals surface area (Å²) >= 11 is 1.58. The second-order valence-electron chi connectivity index (χ2n) is 9.84. The molecule has 1 N–H and O–H groups in total. The molecule has 0 saturated carbocycles. The lowest BCUT2D eigenvalue weighted by Crippen LogP contribution is -2.42. The number of ketones is 1. The quantitative estimate of drug-likeness (QED) is 0.438. The van der Waals surface area contributed by atoms with Crippen LogP contribution in [0.4, 0.5) is 0 Å². The van der Waals surface area contributed by atoms with Crippen LogP contribution in [0.2, 0.25) is 0 Å². The van der Waals surface area contributed by atoms with Gasteiger partial charge in [0.25, 0.3) is 0 Å². The van der Waals surface area contributed by atoms with Gasteiger partial charge in [0.05, 0.1) is 28.6 Å². The van der Waals surface area contributed by atoms with Crippen LogP contribution in [-0.2, 0) is 14.3 Å². The number of Topliss-reactive ketones (excluding diaryl/α,β-unsaturated/α-hetero) is 1. The molecule has 178 valence electrons. The van der Waals surface area contributed by atoms with E-state index in [0.29, 0.717) is 12.3 Å². The SMILES string of the molecule is C/C(=C\c1csc(C)n1)C1C/C=C\CCC[C@H](C)C[C@@H](C)C(=O)C(C)(C)[C@@H](O)CC(=O)O1. The van der Waals surface area contributed by atoms with Crippen molar-refractivity contribution in [3.63, 3.8) is 0 Å². The Morgan fingerprint density at radius 3 is 2.66 bits per heavy atom. The number of aryl methyl sites for hydroxylation is 1. The van der Waals surface area contributed by atoms with E-state index in [2.05, 4.69) is 24.1 Å². The maximum Gasteiger partial charge on any atom is 0.309 e. The molecule has 0 spiro atoms. The molecule has 4 atom stereocenters. The van der Waals surface area contributed by atoms with Gasteiger partial charge in [0.2, 0.25) is 0 Å². The van der Waals surface area contributed by atoms with Crippen LogP contribution in [-0.4, -0.2) is 34.1 Å². The van der Waals surface area contributed by atoms with Gasteiger partial charge in [-0.05, 0) is 50.7 Å². The van der Waals surface area contributed by atoms with E-state index in [0.717, 1.165) is 42.0 Å². The van der Waals surface area contributed by atoms with Crippen LogP contribution < -0.4 is 0 Å². The molecular weight excluding hydrogens is 422 g/mol. The first-order chi connectivity index (χ1) is 15.0. The van der Waals surface area contributed by atoms with Crippen molar-refractivity contribution >= 4 is 29.2 Å². The van der Waals surface area contributed by atoms with E-state index < -0.39 is 23.6 Å². The Morgan fingerprint density at radius 2 is 2.00 bits per heavy atom. The summed E-state index contributed by atoms with van der Waals surface area (Å²) in [7, 11) is 0. The monoisotopic (exact) mass is 461 g/mol. The summed E-state index contributed by atoms with van der Waals surface area (Å²) in [5.41, 5.74) is 0.751. The van der Waals surface area contributed by atoms with Crippen molar-refractivity contribution in [3.8, 4) is 0 Å². The highest BCUT2D eigenvalue weighted by atomic mass is 32.1. The fourth-order valence-corrected chi connectivity index (χ4v) is 4.84. The Hall–Kier alpha value is -1.79. The van der Waals surface area contributed by atoms with Crippen LogP contribution >= 0.6 is 11.3 Å². The van der Waals surface area contributed by atoms with Crippen LogP contribution in [0.1, 0.15) is 83.8 Å². The Bertz CT molecular complexity index is 839. The van der Waals surface area contributed by atoms with Gasteiger partial charge in [0, 0.05) is 17.7 Å². The van der Waals surface area contributed by atoms with Crippen molar-refractivity contribution in [3.05, 3.63) is 33.8 Å². The molecule has 0 saturated heterocycles. The van der Waals surface area contributed by atoms with E-state index in [9.17, 15) is 14.7 Å². The van der Waals surface area contributed by atoms with Crippen LogP contribution in [0.3, 0.4) is 0 Å². The lowest BCUT2D eigenvalue weighted by Gasteiger charge is -2.32. The largest absolute Gasteiger partial charge is 0.457 e. The predicted octanol–water partition coefficient (Wildman–Crippen LogP) is 5.91. The van der Waals surface area contributed by atoms with E-state index >= 15 is 0 Å². The van der Waals surface area contributed by atoms with E-state index in [4.69, 9.17) is 4.74 Å². The highest BCUT2D eigenvalue weighted by molar-refractivity contribution is 7.09. The normalized spacial score (nSPS) is 30.0. The zero-order valence-corrected chi connectivity index (χ0v) is 21.2. The molecule has 2 rings (SSSR count). The second-order valence-corrected chi connectivity index (χ2v) is 10.9. The fraction of sp³-hybridized carbons (Fsp3) is 0.654. The molecule has 0 fully saturated rings. The number of carbonyl (C=O) groups is 2. The lowest BCUT2D eigenvalue weighted by molar-refractivity contribution is -0.153. The summed E-state index contributed by atoms with van der Waals surface area (Å²) in [4.78, 5) is 30.3. The van der Waals surface area contributed by atoms with Crippen molar-refractivity contribution in [2.24, 2.45) is 17.3 Å². The molecule has 2 heterocycles. The van der Waals surface area contributed by atoms with Gasteiger partial charge in [-0.25, -0.2) is 4.98 Å². The van der Waals surface area contributed by atoms with Crippen LogP contribution in [0.25, 0.3) is 6.08 Å². The Labute approximate surface area is 197 Å². The zero-order chi connectivity index (χ0) is 23.9. The number of nitrogens with zero attached hydrogens (tertiary/aromatic N) is 1. The minimum Gasteiger partial charge on any atom is -0.457 e. The molecule has 0 bridgehead atoms. The molecule has 0 radical (unpaired) electrons. The van der Waals surface area contributed by atoms with Gasteiger partial charge in [-0.2, -0.15) is 0 Å². The number of aliphatic hydroxyl groups excluding tert-OH is 1. The summed E-state index contributed by atoms with van der Waals surface area (Å²) in [6.45, 7) is 11.5. The van der Waals surface area contributed by atoms with Gasteiger partial charge in [-0.1, -0.05) is 46.3 Å². The predicted molar refractivity (Wildman–Crippen MR) is 130 cm³/mol. The molecule has 32 heavy (non-hydrogen) atoms. The molecule has 1 aliphatic heterocycles. The number of hydrogen-bond acceptors (Lipinski definition) is 6. The maximum absolute atomic E-state index is 13.1. The maximum atomic E-state index is 13.1. The lowest BCUT2D eigenvalue weighted by atomic mass is 9.74. The third kappa shape index (κ3) is 7.66. The Kier molecular flexibility index (Phi) is 9.83. The summed E-state index contributed by atoms with van der Waals surface area (Å²) in [5.74, 6) is -0.212. The number of hydrogen-bond donors (Lipinski definition) is 1. The molecule has 1 aromatic heterocycles. The van der Waals surface area contributed by atoms with Crippen molar-refractivity contribution in [2.75, 3.05) is 0 Å². The van der Waals surface area contributed by atoms with Gasteiger partial charge in [0.1, 0.15) is 11.9 Å². The first-order valence-electron chi connectivity index (χ1n) is 11.7. The first-order valence-corrected chi connectivity index (χ1v) is 12.6. The number of cyclic esters (lactones) is 1. The number of ether oxygens (including phenoxy) is 1. The molecule has 1 aliphatic rings. The minimum atomic E-state index is -1.09. The average molecular weight is 462 g/mol. The van der Waals surface area contributed by atoms with Crippen LogP contribution in [0.5, 0.6) is 0 Å². The number of allylic oxidation sites excluding steroid dienone is 1. The number of aromatic nitrogens is 1. The van der Waals surface area contributed by atoms with Gasteiger partial charge in [-0.3, -0.25) is 9.59 Å². The molecule has 6 heteroatoms. The standard InChI is InChI=1S/C26H39NO4S/c1-17-11-9-7-8-10-12-22(18(2)14-21-16-32-20(4)27-21)31-24(29)15-23(28)26(5,6)25(30)19(3)13-17/h8,10,14,16-17,19,22-23,28H,7,9,11-13,15H2,1-6H3/b10-8-,18-14+/t17-,19+,22?,23-/m0/s1. The van der Waals surface area contributed by atoms with E-state index in [-0.39, 0.29) is 18.1 Å². The second kappa shape index (κ2) is 11.9. The van der Waals surface area contributed by atoms with Gasteiger partial charge < -0.3 is 9.84 Å². The molecule has 1 aromatic rings. The smallest absolute Gasteiger partial charge is 0.309 e. The number of aliphatic hydroxyl groups is 1. The van der Waals surface area contributed by atoms with E-state index in [1.54, 1.807) is 25.2 Å². The third-order valence-electron chi connectivity index (χ3n) is 6.41. The van der Waals surface area contributed by atoms with Crippen molar-refractivity contribution < 1.29 is 19.4 Å². The number of rotatable bonds is 2. The minimum absolute atomic E-state index is 0.00293. The van der Waals surface area contributed by atoms with Crippen LogP contribution in [0, 0.1) is 24.2 Å².